The number of fused-ring (bicyclic) bond motifs is 3. The Kier molecular flexibility index (Phi) is 3.59. The van der Waals surface area contributed by atoms with Crippen LogP contribution in [0.1, 0.15) is 43.7 Å². The second-order valence-corrected chi connectivity index (χ2v) is 6.40. The lowest BCUT2D eigenvalue weighted by molar-refractivity contribution is -0.150. The zero-order valence-corrected chi connectivity index (χ0v) is 13.3. The summed E-state index contributed by atoms with van der Waals surface area (Å²) >= 11 is 0. The number of hydrogen-bond donors (Lipinski definition) is 1. The number of aryl methyl sites for hydroxylation is 1. The van der Waals surface area contributed by atoms with Crippen LogP contribution in [0.4, 0.5) is 0 Å². The van der Waals surface area contributed by atoms with Crippen LogP contribution in [0.3, 0.4) is 0 Å². The largest absolute Gasteiger partial charge is 0.497 e. The maximum absolute atomic E-state index is 11.8. The summed E-state index contributed by atoms with van der Waals surface area (Å²) in [6, 6.07) is 10.3. The van der Waals surface area contributed by atoms with Crippen LogP contribution in [0.25, 0.3) is 10.8 Å². The first-order valence-electron chi connectivity index (χ1n) is 7.84. The van der Waals surface area contributed by atoms with E-state index >= 15 is 0 Å². The van der Waals surface area contributed by atoms with E-state index in [0.717, 1.165) is 24.0 Å². The van der Waals surface area contributed by atoms with Crippen molar-refractivity contribution in [1.82, 2.24) is 0 Å². The smallest absolute Gasteiger partial charge is 0.309 e. The van der Waals surface area contributed by atoms with Crippen molar-refractivity contribution in [2.45, 2.75) is 39.0 Å². The molecule has 3 nitrogen and oxygen atoms in total. The predicted octanol–water partition coefficient (Wildman–Crippen LogP) is 4.38. The van der Waals surface area contributed by atoms with E-state index < -0.39 is 11.4 Å². The van der Waals surface area contributed by atoms with Gasteiger partial charge in [0.25, 0.3) is 0 Å². The van der Waals surface area contributed by atoms with Crippen LogP contribution in [0, 0.1) is 5.41 Å². The summed E-state index contributed by atoms with van der Waals surface area (Å²) in [5, 5.41) is 12.1. The van der Waals surface area contributed by atoms with E-state index in [-0.39, 0.29) is 5.92 Å². The van der Waals surface area contributed by atoms with Crippen molar-refractivity contribution in [2.75, 3.05) is 7.11 Å². The third kappa shape index (κ3) is 2.07. The number of carbonyl (C=O) groups is 1. The minimum atomic E-state index is -0.681. The maximum atomic E-state index is 11.8. The average Bonchev–Trinajstić information content (AvgIpc) is 2.53. The average molecular weight is 298 g/mol. The standard InChI is InChI=1S/C19H22O3/c1-4-17-16-7-5-12-11-13(22-3)6-8-14(12)15(16)9-10-19(17,2)18(20)21/h5-8,11,17H,4,9-10H2,1-3H3,(H,20,21)/t17-,19+/m1/s1. The minimum Gasteiger partial charge on any atom is -0.497 e. The molecule has 3 rings (SSSR count). The molecule has 116 valence electrons. The molecular weight excluding hydrogens is 276 g/mol. The minimum absolute atomic E-state index is 0.0697. The molecule has 2 atom stereocenters. The Balaban J connectivity index is 2.19. The van der Waals surface area contributed by atoms with E-state index in [2.05, 4.69) is 25.1 Å². The Morgan fingerprint density at radius 1 is 1.36 bits per heavy atom. The first-order chi connectivity index (χ1) is 10.5. The molecule has 0 aromatic heterocycles. The fraction of sp³-hybridized carbons (Fsp3) is 0.421. The van der Waals surface area contributed by atoms with Crippen molar-refractivity contribution in [1.29, 1.82) is 0 Å². The highest BCUT2D eigenvalue weighted by molar-refractivity contribution is 5.89. The first kappa shape index (κ1) is 14.9. The Bertz CT molecular complexity index is 735. The van der Waals surface area contributed by atoms with Gasteiger partial charge in [0.05, 0.1) is 12.5 Å². The molecule has 0 unspecified atom stereocenters. The normalized spacial score (nSPS) is 24.0. The highest BCUT2D eigenvalue weighted by Crippen LogP contribution is 2.49. The number of methoxy groups -OCH3 is 1. The maximum Gasteiger partial charge on any atom is 0.309 e. The molecule has 0 spiro atoms. The molecule has 0 heterocycles. The zero-order chi connectivity index (χ0) is 15.9. The third-order valence-corrected chi connectivity index (χ3v) is 5.31. The highest BCUT2D eigenvalue weighted by atomic mass is 16.5. The van der Waals surface area contributed by atoms with Gasteiger partial charge in [0.2, 0.25) is 0 Å². The topological polar surface area (TPSA) is 46.5 Å². The van der Waals surface area contributed by atoms with Gasteiger partial charge < -0.3 is 9.84 Å². The summed E-state index contributed by atoms with van der Waals surface area (Å²) in [5.74, 6) is 0.241. The van der Waals surface area contributed by atoms with Crippen molar-refractivity contribution in [3.8, 4) is 5.75 Å². The third-order valence-electron chi connectivity index (χ3n) is 5.31. The fourth-order valence-corrected chi connectivity index (χ4v) is 3.95. The van der Waals surface area contributed by atoms with Gasteiger partial charge in [-0.15, -0.1) is 0 Å². The Morgan fingerprint density at radius 3 is 2.77 bits per heavy atom. The molecule has 1 aliphatic rings. The summed E-state index contributed by atoms with van der Waals surface area (Å²) in [6.07, 6.45) is 2.36. The molecule has 0 saturated carbocycles. The van der Waals surface area contributed by atoms with Gasteiger partial charge in [0.15, 0.2) is 0 Å². The SMILES string of the molecule is CC[C@@H]1c2ccc3cc(OC)ccc3c2CC[C@]1(C)C(=O)O. The van der Waals surface area contributed by atoms with Crippen LogP contribution in [0.15, 0.2) is 30.3 Å². The molecule has 0 amide bonds. The molecule has 0 aliphatic heterocycles. The highest BCUT2D eigenvalue weighted by Gasteiger charge is 2.44. The van der Waals surface area contributed by atoms with Gasteiger partial charge in [0, 0.05) is 0 Å². The van der Waals surface area contributed by atoms with Gasteiger partial charge in [-0.05, 0) is 66.1 Å². The van der Waals surface area contributed by atoms with Crippen molar-refractivity contribution in [3.63, 3.8) is 0 Å². The fourth-order valence-electron chi connectivity index (χ4n) is 3.95. The summed E-state index contributed by atoms with van der Waals surface area (Å²) in [6.45, 7) is 3.98. The summed E-state index contributed by atoms with van der Waals surface area (Å²) in [4.78, 5) is 11.8. The molecule has 0 fully saturated rings. The van der Waals surface area contributed by atoms with E-state index in [1.165, 1.54) is 16.5 Å². The van der Waals surface area contributed by atoms with Gasteiger partial charge in [-0.2, -0.15) is 0 Å². The van der Waals surface area contributed by atoms with E-state index in [1.807, 2.05) is 19.1 Å². The number of hydrogen-bond acceptors (Lipinski definition) is 2. The zero-order valence-electron chi connectivity index (χ0n) is 13.3. The lowest BCUT2D eigenvalue weighted by Crippen LogP contribution is -2.38. The number of benzene rings is 2. The monoisotopic (exact) mass is 298 g/mol. The lowest BCUT2D eigenvalue weighted by Gasteiger charge is -2.39. The summed E-state index contributed by atoms with van der Waals surface area (Å²) in [7, 11) is 1.67. The van der Waals surface area contributed by atoms with Crippen LogP contribution in [-0.2, 0) is 11.2 Å². The molecule has 0 saturated heterocycles. The van der Waals surface area contributed by atoms with Gasteiger partial charge in [-0.3, -0.25) is 4.79 Å². The Labute approximate surface area is 130 Å². The number of carboxylic acids is 1. The molecule has 3 heteroatoms. The van der Waals surface area contributed by atoms with Crippen molar-refractivity contribution in [3.05, 3.63) is 41.5 Å². The molecule has 2 aromatic carbocycles. The molecule has 0 bridgehead atoms. The van der Waals surface area contributed by atoms with Crippen molar-refractivity contribution >= 4 is 16.7 Å². The number of aliphatic carboxylic acids is 1. The number of ether oxygens (including phenoxy) is 1. The van der Waals surface area contributed by atoms with Gasteiger partial charge in [-0.25, -0.2) is 0 Å². The predicted molar refractivity (Wildman–Crippen MR) is 87.6 cm³/mol. The second-order valence-electron chi connectivity index (χ2n) is 6.40. The van der Waals surface area contributed by atoms with Crippen molar-refractivity contribution in [2.24, 2.45) is 5.41 Å². The molecule has 1 aliphatic carbocycles. The van der Waals surface area contributed by atoms with Gasteiger partial charge >= 0.3 is 5.97 Å². The van der Waals surface area contributed by atoms with E-state index in [4.69, 9.17) is 4.74 Å². The Morgan fingerprint density at radius 2 is 2.14 bits per heavy atom. The lowest BCUT2D eigenvalue weighted by atomic mass is 9.63. The first-order valence-corrected chi connectivity index (χ1v) is 7.84. The molecule has 2 aromatic rings. The number of carboxylic acid groups (broad SMARTS) is 1. The summed E-state index contributed by atoms with van der Waals surface area (Å²) < 4.78 is 5.30. The van der Waals surface area contributed by atoms with Crippen LogP contribution >= 0.6 is 0 Å². The Hall–Kier alpha value is -2.03. The molecular formula is C19H22O3. The van der Waals surface area contributed by atoms with Crippen molar-refractivity contribution < 1.29 is 14.6 Å². The van der Waals surface area contributed by atoms with Gasteiger partial charge in [-0.1, -0.05) is 25.1 Å². The molecule has 0 radical (unpaired) electrons. The second kappa shape index (κ2) is 5.31. The van der Waals surface area contributed by atoms with Crippen LogP contribution in [0.5, 0.6) is 5.75 Å². The van der Waals surface area contributed by atoms with Gasteiger partial charge in [0.1, 0.15) is 5.75 Å². The quantitative estimate of drug-likeness (QED) is 0.914. The van der Waals surface area contributed by atoms with E-state index in [9.17, 15) is 9.90 Å². The summed E-state index contributed by atoms with van der Waals surface area (Å²) in [5.41, 5.74) is 1.85. The van der Waals surface area contributed by atoms with Crippen LogP contribution in [0.2, 0.25) is 0 Å². The van der Waals surface area contributed by atoms with Crippen LogP contribution in [-0.4, -0.2) is 18.2 Å². The molecule has 1 N–H and O–H groups in total. The van der Waals surface area contributed by atoms with E-state index in [1.54, 1.807) is 7.11 Å². The van der Waals surface area contributed by atoms with E-state index in [0.29, 0.717) is 6.42 Å². The molecule has 22 heavy (non-hydrogen) atoms. The number of rotatable bonds is 3. The van der Waals surface area contributed by atoms with Crippen LogP contribution < -0.4 is 4.74 Å².